The zero-order valence-corrected chi connectivity index (χ0v) is 13.4. The molecule has 0 fully saturated rings. The standard InChI is InChI=1S/C12H14ClN3O2S2/c1-8-11(19-12(14)15-8)20(17,18)16(2)7-9-4-3-5-10(13)6-9/h3-6H,7H2,1-2H3,(H2,14,15). The minimum absolute atomic E-state index is 0.180. The van der Waals surface area contributed by atoms with E-state index in [1.54, 1.807) is 25.1 Å². The Hall–Kier alpha value is -1.15. The molecule has 2 rings (SSSR count). The van der Waals surface area contributed by atoms with Crippen LogP contribution < -0.4 is 5.73 Å². The monoisotopic (exact) mass is 331 g/mol. The van der Waals surface area contributed by atoms with Gasteiger partial charge in [0.05, 0.1) is 5.69 Å². The van der Waals surface area contributed by atoms with Crippen molar-refractivity contribution in [3.8, 4) is 0 Å². The van der Waals surface area contributed by atoms with Gasteiger partial charge in [-0.2, -0.15) is 4.31 Å². The number of hydrogen-bond acceptors (Lipinski definition) is 5. The van der Waals surface area contributed by atoms with Gasteiger partial charge in [0.25, 0.3) is 10.0 Å². The molecule has 5 nitrogen and oxygen atoms in total. The number of nitrogen functional groups attached to an aromatic ring is 1. The van der Waals surface area contributed by atoms with Crippen LogP contribution >= 0.6 is 22.9 Å². The highest BCUT2D eigenvalue weighted by Gasteiger charge is 2.26. The first-order chi connectivity index (χ1) is 9.30. The summed E-state index contributed by atoms with van der Waals surface area (Å²) in [5.41, 5.74) is 6.80. The van der Waals surface area contributed by atoms with Crippen LogP contribution in [0.3, 0.4) is 0 Å². The number of rotatable bonds is 4. The molecule has 1 heterocycles. The van der Waals surface area contributed by atoms with Gasteiger partial charge in [0.15, 0.2) is 9.34 Å². The lowest BCUT2D eigenvalue weighted by atomic mass is 10.2. The minimum Gasteiger partial charge on any atom is -0.375 e. The van der Waals surface area contributed by atoms with E-state index in [4.69, 9.17) is 17.3 Å². The molecular weight excluding hydrogens is 318 g/mol. The summed E-state index contributed by atoms with van der Waals surface area (Å²) in [7, 11) is -2.07. The summed E-state index contributed by atoms with van der Waals surface area (Å²) >= 11 is 6.87. The summed E-state index contributed by atoms with van der Waals surface area (Å²) in [6.07, 6.45) is 0. The van der Waals surface area contributed by atoms with Gasteiger partial charge in [0, 0.05) is 18.6 Å². The zero-order chi connectivity index (χ0) is 14.9. The van der Waals surface area contributed by atoms with Crippen LogP contribution in [0.4, 0.5) is 5.13 Å². The highest BCUT2D eigenvalue weighted by Crippen LogP contribution is 2.28. The average molecular weight is 332 g/mol. The van der Waals surface area contributed by atoms with Crippen molar-refractivity contribution in [2.75, 3.05) is 12.8 Å². The molecule has 0 aliphatic heterocycles. The Morgan fingerprint density at radius 2 is 2.15 bits per heavy atom. The van der Waals surface area contributed by atoms with Crippen molar-refractivity contribution in [1.82, 2.24) is 9.29 Å². The van der Waals surface area contributed by atoms with Crippen LogP contribution in [0.1, 0.15) is 11.3 Å². The molecule has 0 spiro atoms. The molecule has 2 N–H and O–H groups in total. The molecule has 1 aromatic heterocycles. The lowest BCUT2D eigenvalue weighted by molar-refractivity contribution is 0.468. The van der Waals surface area contributed by atoms with E-state index in [9.17, 15) is 8.42 Å². The predicted molar refractivity (Wildman–Crippen MR) is 81.4 cm³/mol. The molecule has 0 saturated heterocycles. The molecule has 0 bridgehead atoms. The third-order valence-electron chi connectivity index (χ3n) is 2.71. The van der Waals surface area contributed by atoms with E-state index in [0.29, 0.717) is 10.7 Å². The number of halogens is 1. The Morgan fingerprint density at radius 3 is 2.70 bits per heavy atom. The summed E-state index contributed by atoms with van der Waals surface area (Å²) in [5.74, 6) is 0. The Labute approximate surface area is 127 Å². The number of anilines is 1. The maximum Gasteiger partial charge on any atom is 0.254 e. The van der Waals surface area contributed by atoms with Crippen LogP contribution in [0.2, 0.25) is 5.02 Å². The number of benzene rings is 1. The number of nitrogens with zero attached hydrogens (tertiary/aromatic N) is 2. The Balaban J connectivity index is 2.28. The van der Waals surface area contributed by atoms with Crippen molar-refractivity contribution in [3.05, 3.63) is 40.5 Å². The van der Waals surface area contributed by atoms with Crippen molar-refractivity contribution in [2.24, 2.45) is 0 Å². The van der Waals surface area contributed by atoms with Gasteiger partial charge in [-0.25, -0.2) is 13.4 Å². The van der Waals surface area contributed by atoms with Crippen molar-refractivity contribution in [1.29, 1.82) is 0 Å². The maximum atomic E-state index is 12.5. The minimum atomic E-state index is -3.59. The number of aromatic nitrogens is 1. The van der Waals surface area contributed by atoms with E-state index in [-0.39, 0.29) is 15.9 Å². The third kappa shape index (κ3) is 3.12. The van der Waals surface area contributed by atoms with Gasteiger partial charge in [-0.05, 0) is 24.6 Å². The van der Waals surface area contributed by atoms with Crippen LogP contribution in [0.5, 0.6) is 0 Å². The summed E-state index contributed by atoms with van der Waals surface area (Å²) in [4.78, 5) is 3.95. The average Bonchev–Trinajstić information content (AvgIpc) is 2.69. The molecule has 0 saturated carbocycles. The molecule has 20 heavy (non-hydrogen) atoms. The van der Waals surface area contributed by atoms with E-state index in [1.165, 1.54) is 11.4 Å². The molecule has 8 heteroatoms. The van der Waals surface area contributed by atoms with Gasteiger partial charge in [0.2, 0.25) is 0 Å². The topological polar surface area (TPSA) is 76.3 Å². The van der Waals surface area contributed by atoms with Crippen LogP contribution in [-0.4, -0.2) is 24.8 Å². The molecule has 1 aromatic carbocycles. The molecule has 0 amide bonds. The molecule has 0 unspecified atom stereocenters. The Kier molecular flexibility index (Phi) is 4.33. The second-order valence-corrected chi connectivity index (χ2v) is 8.02. The first-order valence-electron chi connectivity index (χ1n) is 5.74. The molecule has 0 aliphatic rings. The van der Waals surface area contributed by atoms with Gasteiger partial charge in [-0.15, -0.1) is 0 Å². The van der Waals surface area contributed by atoms with E-state index in [0.717, 1.165) is 16.9 Å². The first kappa shape index (κ1) is 15.2. The smallest absolute Gasteiger partial charge is 0.254 e. The lowest BCUT2D eigenvalue weighted by Crippen LogP contribution is -2.26. The fourth-order valence-corrected chi connectivity index (χ4v) is 4.62. The van der Waals surface area contributed by atoms with Crippen molar-refractivity contribution in [3.63, 3.8) is 0 Å². The second-order valence-electron chi connectivity index (χ2n) is 4.32. The van der Waals surface area contributed by atoms with Gasteiger partial charge >= 0.3 is 0 Å². The molecule has 0 radical (unpaired) electrons. The largest absolute Gasteiger partial charge is 0.375 e. The Bertz CT molecular complexity index is 728. The van der Waals surface area contributed by atoms with Gasteiger partial charge in [0.1, 0.15) is 0 Å². The lowest BCUT2D eigenvalue weighted by Gasteiger charge is -2.16. The fraction of sp³-hybridized carbons (Fsp3) is 0.250. The molecule has 2 aromatic rings. The fourth-order valence-electron chi connectivity index (χ4n) is 1.76. The van der Waals surface area contributed by atoms with Crippen molar-refractivity contribution >= 4 is 38.1 Å². The Morgan fingerprint density at radius 1 is 1.45 bits per heavy atom. The SMILES string of the molecule is Cc1nc(N)sc1S(=O)(=O)N(C)Cc1cccc(Cl)c1. The quantitative estimate of drug-likeness (QED) is 0.933. The summed E-state index contributed by atoms with van der Waals surface area (Å²) in [6.45, 7) is 1.87. The summed E-state index contributed by atoms with van der Waals surface area (Å²) in [5, 5.41) is 0.823. The maximum absolute atomic E-state index is 12.5. The second kappa shape index (κ2) is 5.69. The van der Waals surface area contributed by atoms with Crippen LogP contribution in [0.25, 0.3) is 0 Å². The number of sulfonamides is 1. The predicted octanol–water partition coefficient (Wildman–Crippen LogP) is 2.51. The van der Waals surface area contributed by atoms with Gasteiger partial charge in [-0.3, -0.25) is 0 Å². The summed E-state index contributed by atoms with van der Waals surface area (Å²) < 4.78 is 26.4. The molecule has 108 valence electrons. The van der Waals surface area contributed by atoms with E-state index in [1.807, 2.05) is 6.07 Å². The number of hydrogen-bond donors (Lipinski definition) is 1. The van der Waals surface area contributed by atoms with E-state index in [2.05, 4.69) is 4.98 Å². The zero-order valence-electron chi connectivity index (χ0n) is 11.0. The summed E-state index contributed by atoms with van der Waals surface area (Å²) in [6, 6.07) is 7.09. The van der Waals surface area contributed by atoms with Crippen molar-refractivity contribution < 1.29 is 8.42 Å². The van der Waals surface area contributed by atoms with E-state index >= 15 is 0 Å². The molecular formula is C12H14ClN3O2S2. The normalized spacial score (nSPS) is 12.0. The highest BCUT2D eigenvalue weighted by atomic mass is 35.5. The van der Waals surface area contributed by atoms with E-state index < -0.39 is 10.0 Å². The molecule has 0 aliphatic carbocycles. The number of thiazole rings is 1. The third-order valence-corrected chi connectivity index (χ3v) is 6.32. The number of aryl methyl sites for hydroxylation is 1. The first-order valence-corrected chi connectivity index (χ1v) is 8.38. The number of nitrogens with two attached hydrogens (primary N) is 1. The van der Waals surface area contributed by atoms with Crippen LogP contribution in [0, 0.1) is 6.92 Å². The van der Waals surface area contributed by atoms with Crippen molar-refractivity contribution in [2.45, 2.75) is 17.7 Å². The highest BCUT2D eigenvalue weighted by molar-refractivity contribution is 7.91. The van der Waals surface area contributed by atoms with Gasteiger partial charge in [-0.1, -0.05) is 35.1 Å². The molecule has 0 atom stereocenters. The van der Waals surface area contributed by atoms with Crippen LogP contribution in [0.15, 0.2) is 28.5 Å². The van der Waals surface area contributed by atoms with Gasteiger partial charge < -0.3 is 5.73 Å². The van der Waals surface area contributed by atoms with Crippen LogP contribution in [-0.2, 0) is 16.6 Å².